The average Bonchev–Trinajstić information content (AvgIpc) is 2.27. The van der Waals surface area contributed by atoms with Crippen molar-refractivity contribution in [1.29, 1.82) is 0 Å². The number of sulfonamides is 1. The fourth-order valence-corrected chi connectivity index (χ4v) is 4.05. The SMILES string of the molecule is CC1(C)C(O)CC1NS(=O)(=O)c1ccc(N)cc1Cl. The van der Waals surface area contributed by atoms with Crippen LogP contribution >= 0.6 is 11.6 Å². The quantitative estimate of drug-likeness (QED) is 0.735. The summed E-state index contributed by atoms with van der Waals surface area (Å²) in [7, 11) is -3.71. The molecule has 0 radical (unpaired) electrons. The largest absolute Gasteiger partial charge is 0.399 e. The van der Waals surface area contributed by atoms with Crippen molar-refractivity contribution >= 4 is 27.3 Å². The van der Waals surface area contributed by atoms with E-state index in [4.69, 9.17) is 17.3 Å². The highest BCUT2D eigenvalue weighted by Gasteiger charge is 2.49. The Morgan fingerprint density at radius 3 is 2.58 bits per heavy atom. The van der Waals surface area contributed by atoms with Crippen molar-refractivity contribution in [1.82, 2.24) is 4.72 Å². The van der Waals surface area contributed by atoms with E-state index in [0.29, 0.717) is 12.1 Å². The van der Waals surface area contributed by atoms with Crippen LogP contribution in [0.3, 0.4) is 0 Å². The minimum atomic E-state index is -3.71. The Balaban J connectivity index is 2.25. The first-order valence-corrected chi connectivity index (χ1v) is 7.76. The molecule has 1 fully saturated rings. The van der Waals surface area contributed by atoms with E-state index in [-0.39, 0.29) is 16.0 Å². The highest BCUT2D eigenvalue weighted by molar-refractivity contribution is 7.89. The summed E-state index contributed by atoms with van der Waals surface area (Å²) in [5.74, 6) is 0. The molecule has 0 saturated heterocycles. The molecular formula is C12H17ClN2O3S. The van der Waals surface area contributed by atoms with Gasteiger partial charge in [0, 0.05) is 17.1 Å². The van der Waals surface area contributed by atoms with Crippen molar-refractivity contribution in [2.45, 2.75) is 37.3 Å². The van der Waals surface area contributed by atoms with Crippen molar-refractivity contribution in [3.63, 3.8) is 0 Å². The summed E-state index contributed by atoms with van der Waals surface area (Å²) in [4.78, 5) is 0.000515. The van der Waals surface area contributed by atoms with Gasteiger partial charge in [0.15, 0.2) is 0 Å². The fraction of sp³-hybridized carbons (Fsp3) is 0.500. The maximum absolute atomic E-state index is 12.2. The zero-order chi connectivity index (χ0) is 14.4. The molecule has 7 heteroatoms. The molecule has 2 atom stereocenters. The Hall–Kier alpha value is -0.820. The van der Waals surface area contributed by atoms with Gasteiger partial charge in [0.25, 0.3) is 0 Å². The zero-order valence-corrected chi connectivity index (χ0v) is 12.3. The summed E-state index contributed by atoms with van der Waals surface area (Å²) in [6, 6.07) is 3.96. The predicted molar refractivity (Wildman–Crippen MR) is 74.4 cm³/mol. The number of nitrogens with two attached hydrogens (primary N) is 1. The first-order valence-electron chi connectivity index (χ1n) is 5.90. The molecule has 1 aromatic carbocycles. The van der Waals surface area contributed by atoms with Gasteiger partial charge in [0.2, 0.25) is 10.0 Å². The van der Waals surface area contributed by atoms with Crippen molar-refractivity contribution in [2.75, 3.05) is 5.73 Å². The highest BCUT2D eigenvalue weighted by Crippen LogP contribution is 2.41. The third-order valence-corrected chi connectivity index (χ3v) is 5.71. The maximum atomic E-state index is 12.2. The van der Waals surface area contributed by atoms with Crippen LogP contribution in [0.1, 0.15) is 20.3 Å². The molecule has 4 N–H and O–H groups in total. The average molecular weight is 305 g/mol. The van der Waals surface area contributed by atoms with Gasteiger partial charge < -0.3 is 10.8 Å². The third-order valence-electron chi connectivity index (χ3n) is 3.76. The molecule has 5 nitrogen and oxygen atoms in total. The molecule has 1 aromatic rings. The molecule has 19 heavy (non-hydrogen) atoms. The lowest BCUT2D eigenvalue weighted by atomic mass is 9.65. The van der Waals surface area contributed by atoms with E-state index < -0.39 is 21.5 Å². The van der Waals surface area contributed by atoms with Crippen LogP contribution in [0.25, 0.3) is 0 Å². The molecule has 106 valence electrons. The van der Waals surface area contributed by atoms with E-state index in [2.05, 4.69) is 4.72 Å². The van der Waals surface area contributed by atoms with Gasteiger partial charge in [0.1, 0.15) is 4.90 Å². The van der Waals surface area contributed by atoms with Crippen LogP contribution in [0, 0.1) is 5.41 Å². The number of rotatable bonds is 3. The molecule has 1 aliphatic rings. The Kier molecular flexibility index (Phi) is 3.55. The normalized spacial score (nSPS) is 25.9. The molecule has 0 spiro atoms. The molecule has 0 heterocycles. The van der Waals surface area contributed by atoms with Gasteiger partial charge in [-0.2, -0.15) is 0 Å². The van der Waals surface area contributed by atoms with Gasteiger partial charge in [-0.15, -0.1) is 0 Å². The van der Waals surface area contributed by atoms with Crippen LogP contribution in [0.2, 0.25) is 5.02 Å². The van der Waals surface area contributed by atoms with Crippen LogP contribution in [0.4, 0.5) is 5.69 Å². The summed E-state index contributed by atoms with van der Waals surface area (Å²) in [5.41, 5.74) is 5.46. The van der Waals surface area contributed by atoms with Crippen LogP contribution in [-0.4, -0.2) is 25.7 Å². The van der Waals surface area contributed by atoms with E-state index in [1.807, 2.05) is 13.8 Å². The van der Waals surface area contributed by atoms with Crippen LogP contribution in [0.5, 0.6) is 0 Å². The molecule has 2 rings (SSSR count). The second-order valence-electron chi connectivity index (χ2n) is 5.44. The molecule has 2 unspecified atom stereocenters. The maximum Gasteiger partial charge on any atom is 0.242 e. The lowest BCUT2D eigenvalue weighted by Gasteiger charge is -2.49. The number of halogens is 1. The van der Waals surface area contributed by atoms with Gasteiger partial charge in [-0.1, -0.05) is 25.4 Å². The minimum absolute atomic E-state index is 0.000515. The standard InChI is InChI=1S/C12H17ClN2O3S/c1-12(2)10(6-11(12)16)15-19(17,18)9-4-3-7(14)5-8(9)13/h3-5,10-11,15-16H,6,14H2,1-2H3. The number of benzene rings is 1. The van der Waals surface area contributed by atoms with Gasteiger partial charge in [-0.3, -0.25) is 0 Å². The highest BCUT2D eigenvalue weighted by atomic mass is 35.5. The number of nitrogen functional groups attached to an aromatic ring is 1. The van der Waals surface area contributed by atoms with Gasteiger partial charge >= 0.3 is 0 Å². The van der Waals surface area contributed by atoms with E-state index in [1.54, 1.807) is 0 Å². The molecule has 1 saturated carbocycles. The number of aliphatic hydroxyl groups excluding tert-OH is 1. The molecule has 0 aromatic heterocycles. The summed E-state index contributed by atoms with van der Waals surface area (Å²) in [5, 5.41) is 9.72. The molecule has 0 amide bonds. The predicted octanol–water partition coefficient (Wildman–Crippen LogP) is 1.36. The smallest absolute Gasteiger partial charge is 0.242 e. The zero-order valence-electron chi connectivity index (χ0n) is 10.7. The monoisotopic (exact) mass is 304 g/mol. The Bertz CT molecular complexity index is 601. The first kappa shape index (κ1) is 14.6. The summed E-state index contributed by atoms with van der Waals surface area (Å²) < 4.78 is 27.1. The van der Waals surface area contributed by atoms with Gasteiger partial charge in [-0.25, -0.2) is 13.1 Å². The summed E-state index contributed by atoms with van der Waals surface area (Å²) in [6.45, 7) is 3.64. The second-order valence-corrected chi connectivity index (χ2v) is 7.53. The molecule has 0 bridgehead atoms. The van der Waals surface area contributed by atoms with Crippen molar-refractivity contribution in [3.05, 3.63) is 23.2 Å². The van der Waals surface area contributed by atoms with Crippen molar-refractivity contribution < 1.29 is 13.5 Å². The van der Waals surface area contributed by atoms with E-state index in [1.165, 1.54) is 18.2 Å². The molecule has 0 aliphatic heterocycles. The second kappa shape index (κ2) is 4.63. The Morgan fingerprint density at radius 2 is 2.11 bits per heavy atom. The van der Waals surface area contributed by atoms with E-state index >= 15 is 0 Å². The summed E-state index contributed by atoms with van der Waals surface area (Å²) in [6.07, 6.45) is -0.0965. The Morgan fingerprint density at radius 1 is 1.47 bits per heavy atom. The van der Waals surface area contributed by atoms with Crippen molar-refractivity contribution in [2.24, 2.45) is 5.41 Å². The minimum Gasteiger partial charge on any atom is -0.399 e. The lowest BCUT2D eigenvalue weighted by Crippen LogP contribution is -2.61. The van der Waals surface area contributed by atoms with Crippen LogP contribution < -0.4 is 10.5 Å². The Labute approximate surface area is 117 Å². The lowest BCUT2D eigenvalue weighted by molar-refractivity contribution is -0.0645. The number of anilines is 1. The van der Waals surface area contributed by atoms with E-state index in [0.717, 1.165) is 0 Å². The number of hydrogen-bond acceptors (Lipinski definition) is 4. The van der Waals surface area contributed by atoms with Gasteiger partial charge in [0.05, 0.1) is 11.1 Å². The number of aliphatic hydroxyl groups is 1. The number of hydrogen-bond donors (Lipinski definition) is 3. The number of nitrogens with one attached hydrogen (secondary N) is 1. The fourth-order valence-electron chi connectivity index (χ4n) is 2.09. The van der Waals surface area contributed by atoms with E-state index in [9.17, 15) is 13.5 Å². The molecule has 1 aliphatic carbocycles. The third kappa shape index (κ3) is 2.58. The van der Waals surface area contributed by atoms with Crippen LogP contribution in [0.15, 0.2) is 23.1 Å². The van der Waals surface area contributed by atoms with Gasteiger partial charge in [-0.05, 0) is 24.6 Å². The topological polar surface area (TPSA) is 92.4 Å². The first-order chi connectivity index (χ1) is 8.64. The summed E-state index contributed by atoms with van der Waals surface area (Å²) >= 11 is 5.91. The van der Waals surface area contributed by atoms with Crippen LogP contribution in [-0.2, 0) is 10.0 Å². The van der Waals surface area contributed by atoms with Crippen molar-refractivity contribution in [3.8, 4) is 0 Å². The molecular weight excluding hydrogens is 288 g/mol.